The summed E-state index contributed by atoms with van der Waals surface area (Å²) in [5.74, 6) is -0.175. The van der Waals surface area contributed by atoms with Crippen molar-refractivity contribution in [2.24, 2.45) is 0 Å². The zero-order valence-corrected chi connectivity index (χ0v) is 12.5. The molecule has 1 aliphatic rings. The second-order valence-electron chi connectivity index (χ2n) is 4.52. The van der Waals surface area contributed by atoms with E-state index in [4.69, 9.17) is 23.8 Å². The van der Waals surface area contributed by atoms with Crippen molar-refractivity contribution in [1.82, 2.24) is 5.32 Å². The second-order valence-corrected chi connectivity index (χ2v) is 5.34. The Labute approximate surface area is 132 Å². The van der Waals surface area contributed by atoms with Gasteiger partial charge >= 0.3 is 0 Å². The first-order chi connectivity index (χ1) is 10.1. The average Bonchev–Trinajstić information content (AvgIpc) is 2.74. The standard InChI is InChI=1S/C16H11ClN2OS/c17-12-6-4-5-11(9-12)10-14-15(20)19(16(21)18-14)13-7-2-1-3-8-13/h1-10H,(H,18,21). The molecule has 0 bridgehead atoms. The van der Waals surface area contributed by atoms with Crippen LogP contribution in [0.3, 0.4) is 0 Å². The first kappa shape index (κ1) is 13.8. The van der Waals surface area contributed by atoms with Crippen molar-refractivity contribution < 1.29 is 4.79 Å². The maximum absolute atomic E-state index is 12.5. The van der Waals surface area contributed by atoms with Crippen LogP contribution in [0.1, 0.15) is 5.56 Å². The number of carbonyl (C=O) groups excluding carboxylic acids is 1. The molecule has 1 fully saturated rings. The van der Waals surface area contributed by atoms with Crippen molar-refractivity contribution >= 4 is 46.6 Å². The smallest absolute Gasteiger partial charge is 0.281 e. The molecule has 0 aliphatic carbocycles. The third-order valence-corrected chi connectivity index (χ3v) is 3.57. The summed E-state index contributed by atoms with van der Waals surface area (Å²) in [5, 5.41) is 3.94. The molecule has 0 aromatic heterocycles. The quantitative estimate of drug-likeness (QED) is 0.679. The minimum absolute atomic E-state index is 0.175. The van der Waals surface area contributed by atoms with Crippen LogP contribution >= 0.6 is 23.8 Å². The molecule has 1 saturated heterocycles. The van der Waals surface area contributed by atoms with Gasteiger partial charge in [0, 0.05) is 5.02 Å². The van der Waals surface area contributed by atoms with Gasteiger partial charge in [-0.25, -0.2) is 0 Å². The Bertz CT molecular complexity index is 743. The number of para-hydroxylation sites is 1. The molecular weight excluding hydrogens is 304 g/mol. The van der Waals surface area contributed by atoms with Gasteiger partial charge in [-0.3, -0.25) is 9.69 Å². The fourth-order valence-electron chi connectivity index (χ4n) is 2.11. The van der Waals surface area contributed by atoms with Crippen molar-refractivity contribution in [3.63, 3.8) is 0 Å². The number of nitrogens with zero attached hydrogens (tertiary/aromatic N) is 1. The van der Waals surface area contributed by atoms with Gasteiger partial charge in [0.1, 0.15) is 5.70 Å². The molecule has 104 valence electrons. The highest BCUT2D eigenvalue weighted by Gasteiger charge is 2.31. The molecule has 0 unspecified atom stereocenters. The molecule has 0 saturated carbocycles. The molecule has 2 aromatic rings. The third kappa shape index (κ3) is 2.82. The van der Waals surface area contributed by atoms with Gasteiger partial charge in [-0.1, -0.05) is 41.9 Å². The number of benzene rings is 2. The molecule has 3 nitrogen and oxygen atoms in total. The predicted octanol–water partition coefficient (Wildman–Crippen LogP) is 3.60. The molecule has 0 atom stereocenters. The number of rotatable bonds is 2. The Morgan fingerprint density at radius 3 is 2.57 bits per heavy atom. The normalized spacial score (nSPS) is 16.4. The van der Waals surface area contributed by atoms with Gasteiger partial charge in [0.2, 0.25) is 0 Å². The summed E-state index contributed by atoms with van der Waals surface area (Å²) in [4.78, 5) is 14.0. The summed E-state index contributed by atoms with van der Waals surface area (Å²) in [6.07, 6.45) is 1.74. The van der Waals surface area contributed by atoms with Crippen LogP contribution in [0, 0.1) is 0 Å². The van der Waals surface area contributed by atoms with Crippen LogP contribution in [0.5, 0.6) is 0 Å². The molecule has 5 heteroatoms. The van der Waals surface area contributed by atoms with E-state index in [1.54, 1.807) is 18.2 Å². The Kier molecular flexibility index (Phi) is 3.73. The summed E-state index contributed by atoms with van der Waals surface area (Å²) >= 11 is 11.2. The maximum Gasteiger partial charge on any atom is 0.281 e. The molecule has 0 spiro atoms. The van der Waals surface area contributed by atoms with E-state index in [1.807, 2.05) is 42.5 Å². The van der Waals surface area contributed by atoms with Gasteiger partial charge in [0.15, 0.2) is 5.11 Å². The van der Waals surface area contributed by atoms with Gasteiger partial charge in [-0.15, -0.1) is 0 Å². The van der Waals surface area contributed by atoms with Crippen LogP contribution in [-0.2, 0) is 4.79 Å². The number of amides is 1. The monoisotopic (exact) mass is 314 g/mol. The number of hydrogen-bond donors (Lipinski definition) is 1. The number of nitrogens with one attached hydrogen (secondary N) is 1. The summed E-state index contributed by atoms with van der Waals surface area (Å²) in [6.45, 7) is 0. The topological polar surface area (TPSA) is 32.3 Å². The first-order valence-electron chi connectivity index (χ1n) is 6.33. The van der Waals surface area contributed by atoms with E-state index in [2.05, 4.69) is 5.32 Å². The van der Waals surface area contributed by atoms with Crippen molar-refractivity contribution in [3.8, 4) is 0 Å². The fraction of sp³-hybridized carbons (Fsp3) is 0. The number of thiocarbonyl (C=S) groups is 1. The minimum atomic E-state index is -0.175. The lowest BCUT2D eigenvalue weighted by Crippen LogP contribution is -2.30. The van der Waals surface area contributed by atoms with Crippen LogP contribution in [-0.4, -0.2) is 11.0 Å². The highest BCUT2D eigenvalue weighted by molar-refractivity contribution is 7.80. The Morgan fingerprint density at radius 2 is 1.86 bits per heavy atom. The van der Waals surface area contributed by atoms with Crippen LogP contribution in [0.4, 0.5) is 5.69 Å². The van der Waals surface area contributed by atoms with Gasteiger partial charge < -0.3 is 5.32 Å². The molecule has 2 aromatic carbocycles. The largest absolute Gasteiger partial charge is 0.327 e. The van der Waals surface area contributed by atoms with E-state index in [0.29, 0.717) is 15.8 Å². The molecule has 21 heavy (non-hydrogen) atoms. The number of anilines is 1. The number of carbonyl (C=O) groups is 1. The minimum Gasteiger partial charge on any atom is -0.327 e. The molecular formula is C16H11ClN2OS. The zero-order chi connectivity index (χ0) is 14.8. The lowest BCUT2D eigenvalue weighted by Gasteiger charge is -2.13. The van der Waals surface area contributed by atoms with Crippen molar-refractivity contribution in [2.75, 3.05) is 4.90 Å². The summed E-state index contributed by atoms with van der Waals surface area (Å²) in [6, 6.07) is 16.6. The maximum atomic E-state index is 12.5. The Morgan fingerprint density at radius 1 is 1.10 bits per heavy atom. The molecule has 1 heterocycles. The van der Waals surface area contributed by atoms with E-state index in [0.717, 1.165) is 11.3 Å². The summed E-state index contributed by atoms with van der Waals surface area (Å²) < 4.78 is 0. The molecule has 3 rings (SSSR count). The van der Waals surface area contributed by atoms with Crippen LogP contribution in [0.2, 0.25) is 5.02 Å². The molecule has 1 amide bonds. The lowest BCUT2D eigenvalue weighted by atomic mass is 10.2. The van der Waals surface area contributed by atoms with E-state index < -0.39 is 0 Å². The Hall–Kier alpha value is -2.17. The van der Waals surface area contributed by atoms with E-state index in [1.165, 1.54) is 4.90 Å². The second kappa shape index (κ2) is 5.68. The number of hydrogen-bond acceptors (Lipinski definition) is 2. The molecule has 1 aliphatic heterocycles. The van der Waals surface area contributed by atoms with Crippen LogP contribution < -0.4 is 10.2 Å². The first-order valence-corrected chi connectivity index (χ1v) is 7.11. The van der Waals surface area contributed by atoms with Crippen LogP contribution in [0.15, 0.2) is 60.3 Å². The van der Waals surface area contributed by atoms with Crippen molar-refractivity contribution in [2.45, 2.75) is 0 Å². The van der Waals surface area contributed by atoms with E-state index >= 15 is 0 Å². The molecule has 0 radical (unpaired) electrons. The van der Waals surface area contributed by atoms with Crippen molar-refractivity contribution in [1.29, 1.82) is 0 Å². The summed E-state index contributed by atoms with van der Waals surface area (Å²) in [5.41, 5.74) is 2.02. The Balaban J connectivity index is 1.94. The average molecular weight is 315 g/mol. The highest BCUT2D eigenvalue weighted by Crippen LogP contribution is 2.22. The summed E-state index contributed by atoms with van der Waals surface area (Å²) in [7, 11) is 0. The molecule has 1 N–H and O–H groups in total. The highest BCUT2D eigenvalue weighted by atomic mass is 35.5. The van der Waals surface area contributed by atoms with E-state index in [9.17, 15) is 4.79 Å². The zero-order valence-electron chi connectivity index (χ0n) is 10.9. The van der Waals surface area contributed by atoms with Crippen LogP contribution in [0.25, 0.3) is 6.08 Å². The SMILES string of the molecule is O=C1C(=Cc2cccc(Cl)c2)NC(=S)N1c1ccccc1. The fourth-order valence-corrected chi connectivity index (χ4v) is 2.61. The third-order valence-electron chi connectivity index (χ3n) is 3.05. The van der Waals surface area contributed by atoms with Gasteiger partial charge in [0.25, 0.3) is 5.91 Å². The van der Waals surface area contributed by atoms with E-state index in [-0.39, 0.29) is 5.91 Å². The van der Waals surface area contributed by atoms with Gasteiger partial charge in [-0.05, 0) is 48.1 Å². The predicted molar refractivity (Wildman–Crippen MR) is 89.1 cm³/mol. The lowest BCUT2D eigenvalue weighted by molar-refractivity contribution is -0.113. The van der Waals surface area contributed by atoms with Gasteiger partial charge in [-0.2, -0.15) is 0 Å². The number of halogens is 1. The van der Waals surface area contributed by atoms with Crippen molar-refractivity contribution in [3.05, 3.63) is 70.9 Å². The van der Waals surface area contributed by atoms with Gasteiger partial charge in [0.05, 0.1) is 5.69 Å².